The summed E-state index contributed by atoms with van der Waals surface area (Å²) in [7, 11) is 0. The molecule has 1 aromatic carbocycles. The lowest BCUT2D eigenvalue weighted by molar-refractivity contribution is 0.0920. The molecule has 2 N–H and O–H groups in total. The van der Waals surface area contributed by atoms with Gasteiger partial charge in [0.2, 0.25) is 0 Å². The van der Waals surface area contributed by atoms with Crippen molar-refractivity contribution in [3.05, 3.63) is 51.2 Å². The Bertz CT molecular complexity index is 953. The first-order chi connectivity index (χ1) is 14.5. The molecule has 2 heterocycles. The minimum absolute atomic E-state index is 0.208. The average molecular weight is 446 g/mol. The first-order valence-corrected chi connectivity index (χ1v) is 11.6. The number of thiophene rings is 1. The summed E-state index contributed by atoms with van der Waals surface area (Å²) in [6, 6.07) is 12.4. The minimum Gasteiger partial charge on any atom is -0.442 e. The van der Waals surface area contributed by atoms with Gasteiger partial charge >= 0.3 is 6.09 Å². The number of anilines is 1. The van der Waals surface area contributed by atoms with Gasteiger partial charge in [0.25, 0.3) is 5.91 Å². The second-order valence-corrected chi connectivity index (χ2v) is 10.1. The second kappa shape index (κ2) is 7.87. The lowest BCUT2D eigenvalue weighted by Crippen LogP contribution is -2.34. The zero-order chi connectivity index (χ0) is 20.7. The molecule has 1 aromatic heterocycles. The minimum atomic E-state index is -0.380. The summed E-state index contributed by atoms with van der Waals surface area (Å²) in [6.07, 6.45) is 4.28. The molecular formula is C22H24ClN3O3S. The van der Waals surface area contributed by atoms with Crippen LogP contribution in [0.25, 0.3) is 0 Å². The lowest BCUT2D eigenvalue weighted by atomic mass is 9.95. The molecule has 6 nitrogen and oxygen atoms in total. The predicted molar refractivity (Wildman–Crippen MR) is 118 cm³/mol. The number of hydrogen-bond donors (Lipinski definition) is 2. The third-order valence-electron chi connectivity index (χ3n) is 6.11. The van der Waals surface area contributed by atoms with E-state index >= 15 is 0 Å². The SMILES string of the molecule is O=C(NCC1CN(c2ccc(C3(CNC4CC4)CC3)cc2)C(=O)O1)c1ccc(Cl)s1. The van der Waals surface area contributed by atoms with Crippen LogP contribution < -0.4 is 15.5 Å². The fourth-order valence-electron chi connectivity index (χ4n) is 3.91. The highest BCUT2D eigenvalue weighted by Crippen LogP contribution is 2.48. The van der Waals surface area contributed by atoms with Crippen LogP contribution in [0.2, 0.25) is 4.34 Å². The molecule has 2 aromatic rings. The molecule has 158 valence electrons. The van der Waals surface area contributed by atoms with Crippen molar-refractivity contribution in [3.63, 3.8) is 0 Å². The number of cyclic esters (lactones) is 1. The van der Waals surface area contributed by atoms with E-state index in [4.69, 9.17) is 16.3 Å². The topological polar surface area (TPSA) is 70.7 Å². The van der Waals surface area contributed by atoms with Crippen LogP contribution in [0, 0.1) is 0 Å². The molecule has 0 spiro atoms. The summed E-state index contributed by atoms with van der Waals surface area (Å²) in [5.74, 6) is -0.208. The van der Waals surface area contributed by atoms with Crippen molar-refractivity contribution in [2.45, 2.75) is 43.2 Å². The van der Waals surface area contributed by atoms with Gasteiger partial charge in [-0.1, -0.05) is 23.7 Å². The van der Waals surface area contributed by atoms with E-state index in [1.54, 1.807) is 17.0 Å². The van der Waals surface area contributed by atoms with E-state index in [0.717, 1.165) is 18.3 Å². The van der Waals surface area contributed by atoms with Crippen molar-refractivity contribution in [1.82, 2.24) is 10.6 Å². The maximum Gasteiger partial charge on any atom is 0.414 e. The van der Waals surface area contributed by atoms with Crippen molar-refractivity contribution in [2.24, 2.45) is 0 Å². The summed E-state index contributed by atoms with van der Waals surface area (Å²) in [5.41, 5.74) is 2.43. The van der Waals surface area contributed by atoms with Crippen LogP contribution >= 0.6 is 22.9 Å². The van der Waals surface area contributed by atoms with Gasteiger partial charge in [-0.2, -0.15) is 0 Å². The molecule has 2 aliphatic carbocycles. The molecular weight excluding hydrogens is 422 g/mol. The Morgan fingerprint density at radius 3 is 2.60 bits per heavy atom. The van der Waals surface area contributed by atoms with Crippen molar-refractivity contribution in [2.75, 3.05) is 24.5 Å². The van der Waals surface area contributed by atoms with E-state index < -0.39 is 0 Å². The fraction of sp³-hybridized carbons (Fsp3) is 0.455. The van der Waals surface area contributed by atoms with Crippen molar-refractivity contribution in [1.29, 1.82) is 0 Å². The van der Waals surface area contributed by atoms with Gasteiger partial charge in [0.05, 0.1) is 22.3 Å². The van der Waals surface area contributed by atoms with Crippen molar-refractivity contribution < 1.29 is 14.3 Å². The number of hydrogen-bond acceptors (Lipinski definition) is 5. The van der Waals surface area contributed by atoms with Crippen LogP contribution in [0.4, 0.5) is 10.5 Å². The number of nitrogens with one attached hydrogen (secondary N) is 2. The van der Waals surface area contributed by atoms with Crippen LogP contribution in [-0.4, -0.2) is 43.8 Å². The van der Waals surface area contributed by atoms with Crippen LogP contribution in [0.1, 0.15) is 40.9 Å². The van der Waals surface area contributed by atoms with Gasteiger partial charge in [-0.3, -0.25) is 9.69 Å². The number of halogens is 1. The van der Waals surface area contributed by atoms with E-state index in [1.165, 1.54) is 42.6 Å². The van der Waals surface area contributed by atoms with Gasteiger partial charge in [0, 0.05) is 23.7 Å². The summed E-state index contributed by atoms with van der Waals surface area (Å²) in [5, 5.41) is 6.47. The zero-order valence-electron chi connectivity index (χ0n) is 16.5. The Morgan fingerprint density at radius 1 is 1.20 bits per heavy atom. The van der Waals surface area contributed by atoms with E-state index in [2.05, 4.69) is 22.8 Å². The third-order valence-corrected chi connectivity index (χ3v) is 7.34. The molecule has 1 aliphatic heterocycles. The summed E-state index contributed by atoms with van der Waals surface area (Å²) >= 11 is 7.10. The number of rotatable bonds is 8. The van der Waals surface area contributed by atoms with Gasteiger partial charge in [-0.25, -0.2) is 4.79 Å². The molecule has 8 heteroatoms. The molecule has 0 bridgehead atoms. The maximum atomic E-state index is 12.3. The lowest BCUT2D eigenvalue weighted by Gasteiger charge is -2.19. The number of benzene rings is 1. The number of carbonyl (C=O) groups is 2. The molecule has 1 saturated heterocycles. The molecule has 30 heavy (non-hydrogen) atoms. The molecule has 3 aliphatic rings. The van der Waals surface area contributed by atoms with Gasteiger partial charge in [0.1, 0.15) is 6.10 Å². The van der Waals surface area contributed by atoms with Crippen LogP contribution in [0.15, 0.2) is 36.4 Å². The molecule has 5 rings (SSSR count). The van der Waals surface area contributed by atoms with Gasteiger partial charge < -0.3 is 15.4 Å². The van der Waals surface area contributed by atoms with Gasteiger partial charge in [0.15, 0.2) is 0 Å². The van der Waals surface area contributed by atoms with Crippen molar-refractivity contribution >= 4 is 40.6 Å². The molecule has 0 radical (unpaired) electrons. The Morgan fingerprint density at radius 2 is 1.97 bits per heavy atom. The molecule has 1 atom stereocenters. The Labute approximate surface area is 184 Å². The maximum absolute atomic E-state index is 12.3. The number of ether oxygens (including phenoxy) is 1. The largest absolute Gasteiger partial charge is 0.442 e. The highest BCUT2D eigenvalue weighted by atomic mass is 35.5. The van der Waals surface area contributed by atoms with Crippen LogP contribution in [-0.2, 0) is 10.2 Å². The van der Waals surface area contributed by atoms with E-state index in [-0.39, 0.29) is 30.1 Å². The molecule has 2 saturated carbocycles. The number of nitrogens with zero attached hydrogens (tertiary/aromatic N) is 1. The quantitative estimate of drug-likeness (QED) is 0.645. The van der Waals surface area contributed by atoms with E-state index in [1.807, 2.05) is 12.1 Å². The van der Waals surface area contributed by atoms with Gasteiger partial charge in [-0.15, -0.1) is 11.3 Å². The molecule has 1 unspecified atom stereocenters. The third kappa shape index (κ3) is 4.19. The first kappa shape index (κ1) is 19.8. The molecule has 3 fully saturated rings. The summed E-state index contributed by atoms with van der Waals surface area (Å²) in [6.45, 7) is 1.72. The van der Waals surface area contributed by atoms with Crippen molar-refractivity contribution in [3.8, 4) is 0 Å². The standard InChI is InChI=1S/C22H24ClN3O3S/c23-19-8-7-18(30-19)20(27)24-11-17-12-26(21(28)29-17)16-5-1-14(2-6-16)22(9-10-22)13-25-15-3-4-15/h1-2,5-8,15,17,25H,3-4,9-13H2,(H,24,27). The van der Waals surface area contributed by atoms with E-state index in [9.17, 15) is 9.59 Å². The Kier molecular flexibility index (Phi) is 5.21. The van der Waals surface area contributed by atoms with E-state index in [0.29, 0.717) is 15.8 Å². The molecule has 2 amide bonds. The smallest absolute Gasteiger partial charge is 0.414 e. The predicted octanol–water partition coefficient (Wildman–Crippen LogP) is 3.94. The van der Waals surface area contributed by atoms with Crippen LogP contribution in [0.3, 0.4) is 0 Å². The number of carbonyl (C=O) groups excluding carboxylic acids is 2. The summed E-state index contributed by atoms with van der Waals surface area (Å²) in [4.78, 5) is 26.7. The monoisotopic (exact) mass is 445 g/mol. The number of amides is 2. The fourth-order valence-corrected chi connectivity index (χ4v) is 4.87. The first-order valence-electron chi connectivity index (χ1n) is 10.4. The zero-order valence-corrected chi connectivity index (χ0v) is 18.1. The van der Waals surface area contributed by atoms with Gasteiger partial charge in [-0.05, 0) is 55.5 Å². The normalized spacial score (nSPS) is 22.1. The highest BCUT2D eigenvalue weighted by molar-refractivity contribution is 7.18. The average Bonchev–Trinajstić information content (AvgIpc) is 3.65. The van der Waals surface area contributed by atoms with Crippen LogP contribution in [0.5, 0.6) is 0 Å². The Hall–Kier alpha value is -2.09. The summed E-state index contributed by atoms with van der Waals surface area (Å²) < 4.78 is 6.01. The Balaban J connectivity index is 1.17. The highest BCUT2D eigenvalue weighted by Gasteiger charge is 2.45. The second-order valence-electron chi connectivity index (χ2n) is 8.41.